The number of ketones is 1. The summed E-state index contributed by atoms with van der Waals surface area (Å²) in [7, 11) is 0. The van der Waals surface area contributed by atoms with Crippen LogP contribution >= 0.6 is 0 Å². The molecule has 2 aliphatic heterocycles. The number of hydrogen-bond acceptors (Lipinski definition) is 4. The Kier molecular flexibility index (Phi) is 5.42. The number of nitrogens with one attached hydrogen (secondary N) is 1. The Morgan fingerprint density at radius 1 is 1.07 bits per heavy atom. The largest absolute Gasteiger partial charge is 0.482 e. The lowest BCUT2D eigenvalue weighted by Gasteiger charge is -2.30. The van der Waals surface area contributed by atoms with Crippen LogP contribution in [0.15, 0.2) is 54.6 Å². The molecule has 2 heterocycles. The third-order valence-electron chi connectivity index (χ3n) is 5.29. The predicted molar refractivity (Wildman–Crippen MR) is 110 cm³/mol. The van der Waals surface area contributed by atoms with Gasteiger partial charge in [-0.2, -0.15) is 0 Å². The van der Waals surface area contributed by atoms with E-state index in [0.29, 0.717) is 42.9 Å². The van der Waals surface area contributed by atoms with Gasteiger partial charge in [0.05, 0.1) is 5.69 Å². The lowest BCUT2D eigenvalue weighted by molar-refractivity contribution is -0.127. The Morgan fingerprint density at radius 3 is 2.59 bits per heavy atom. The number of carbonyl (C=O) groups excluding carboxylic acids is 3. The molecule has 148 valence electrons. The molecule has 1 N–H and O–H groups in total. The fourth-order valence-electron chi connectivity index (χ4n) is 3.67. The molecule has 0 unspecified atom stereocenters. The summed E-state index contributed by atoms with van der Waals surface area (Å²) in [5.41, 5.74) is 2.07. The zero-order valence-electron chi connectivity index (χ0n) is 16.0. The van der Waals surface area contributed by atoms with Crippen molar-refractivity contribution < 1.29 is 19.1 Å². The predicted octanol–water partition coefficient (Wildman–Crippen LogP) is 3.15. The van der Waals surface area contributed by atoms with Gasteiger partial charge < -0.3 is 15.0 Å². The van der Waals surface area contributed by atoms with Gasteiger partial charge in [0.2, 0.25) is 5.91 Å². The van der Waals surface area contributed by atoms with E-state index in [2.05, 4.69) is 5.32 Å². The van der Waals surface area contributed by atoms with Crippen molar-refractivity contribution in [3.05, 3.63) is 65.7 Å². The first-order valence-electron chi connectivity index (χ1n) is 9.73. The first kappa shape index (κ1) is 18.9. The normalized spacial score (nSPS) is 16.8. The molecule has 2 amide bonds. The topological polar surface area (TPSA) is 75.7 Å². The SMILES string of the molecule is O=C1COc2ccc(C(=O)C3CCN(C(=O)/C=C/c4ccccc4)CC3)cc2N1. The van der Waals surface area contributed by atoms with Crippen LogP contribution in [0.2, 0.25) is 0 Å². The van der Waals surface area contributed by atoms with Crippen LogP contribution in [-0.2, 0) is 9.59 Å². The maximum absolute atomic E-state index is 12.9. The number of rotatable bonds is 4. The highest BCUT2D eigenvalue weighted by Gasteiger charge is 2.28. The highest BCUT2D eigenvalue weighted by Crippen LogP contribution is 2.30. The molecule has 6 nitrogen and oxygen atoms in total. The maximum Gasteiger partial charge on any atom is 0.262 e. The number of nitrogens with zero attached hydrogens (tertiary/aromatic N) is 1. The minimum atomic E-state index is -0.225. The van der Waals surface area contributed by atoms with Gasteiger partial charge in [-0.05, 0) is 42.7 Å². The summed E-state index contributed by atoms with van der Waals surface area (Å²) < 4.78 is 5.34. The lowest BCUT2D eigenvalue weighted by atomic mass is 9.88. The Balaban J connectivity index is 1.35. The molecule has 0 saturated carbocycles. The summed E-state index contributed by atoms with van der Waals surface area (Å²) >= 11 is 0. The summed E-state index contributed by atoms with van der Waals surface area (Å²) in [4.78, 5) is 38.6. The Morgan fingerprint density at radius 2 is 1.83 bits per heavy atom. The molecule has 0 atom stereocenters. The molecule has 29 heavy (non-hydrogen) atoms. The molecule has 0 aromatic heterocycles. The summed E-state index contributed by atoms with van der Waals surface area (Å²) in [5.74, 6) is 0.229. The van der Waals surface area contributed by atoms with Crippen molar-refractivity contribution in [2.24, 2.45) is 5.92 Å². The molecular weight excluding hydrogens is 368 g/mol. The molecule has 2 aliphatic rings. The Labute approximate surface area is 169 Å². The minimum absolute atomic E-state index is 0.00843. The first-order valence-corrected chi connectivity index (χ1v) is 9.73. The third kappa shape index (κ3) is 4.37. The first-order chi connectivity index (χ1) is 14.1. The van der Waals surface area contributed by atoms with Gasteiger partial charge >= 0.3 is 0 Å². The van der Waals surface area contributed by atoms with Crippen LogP contribution in [0, 0.1) is 5.92 Å². The van der Waals surface area contributed by atoms with Crippen molar-refractivity contribution in [1.29, 1.82) is 0 Å². The standard InChI is InChI=1S/C23H22N2O4/c26-21-15-29-20-8-7-18(14-19(20)24-21)23(28)17-10-12-25(13-11-17)22(27)9-6-16-4-2-1-3-5-16/h1-9,14,17H,10-13,15H2,(H,24,26)/b9-6+. The van der Waals surface area contributed by atoms with E-state index in [-0.39, 0.29) is 30.1 Å². The molecule has 0 bridgehead atoms. The summed E-state index contributed by atoms with van der Waals surface area (Å²) in [5, 5.41) is 2.73. The van der Waals surface area contributed by atoms with Crippen LogP contribution in [0.25, 0.3) is 6.08 Å². The summed E-state index contributed by atoms with van der Waals surface area (Å²) in [6.45, 7) is 1.10. The van der Waals surface area contributed by atoms with Gasteiger partial charge in [-0.25, -0.2) is 0 Å². The average Bonchev–Trinajstić information content (AvgIpc) is 2.77. The number of amides is 2. The van der Waals surface area contributed by atoms with Gasteiger partial charge in [-0.15, -0.1) is 0 Å². The molecule has 2 aromatic carbocycles. The molecule has 0 radical (unpaired) electrons. The van der Waals surface area contributed by atoms with Gasteiger partial charge in [0, 0.05) is 30.6 Å². The van der Waals surface area contributed by atoms with Crippen LogP contribution in [0.5, 0.6) is 5.75 Å². The minimum Gasteiger partial charge on any atom is -0.482 e. The quantitative estimate of drug-likeness (QED) is 0.643. The van der Waals surface area contributed by atoms with Crippen molar-refractivity contribution in [3.8, 4) is 5.75 Å². The van der Waals surface area contributed by atoms with Crippen molar-refractivity contribution in [2.75, 3.05) is 25.0 Å². The zero-order valence-corrected chi connectivity index (χ0v) is 16.0. The molecule has 1 saturated heterocycles. The fourth-order valence-corrected chi connectivity index (χ4v) is 3.67. The average molecular weight is 390 g/mol. The Bertz CT molecular complexity index is 960. The monoisotopic (exact) mass is 390 g/mol. The van der Waals surface area contributed by atoms with E-state index < -0.39 is 0 Å². The van der Waals surface area contributed by atoms with Gasteiger partial charge in [-0.1, -0.05) is 30.3 Å². The van der Waals surface area contributed by atoms with Gasteiger partial charge in [0.15, 0.2) is 12.4 Å². The van der Waals surface area contributed by atoms with Gasteiger partial charge in [-0.3, -0.25) is 14.4 Å². The number of benzene rings is 2. The highest BCUT2D eigenvalue weighted by atomic mass is 16.5. The second kappa shape index (κ2) is 8.31. The smallest absolute Gasteiger partial charge is 0.262 e. The van der Waals surface area contributed by atoms with Crippen molar-refractivity contribution in [1.82, 2.24) is 4.90 Å². The van der Waals surface area contributed by atoms with E-state index in [1.165, 1.54) is 0 Å². The number of ether oxygens (including phenoxy) is 1. The van der Waals surface area contributed by atoms with Crippen LogP contribution < -0.4 is 10.1 Å². The summed E-state index contributed by atoms with van der Waals surface area (Å²) in [6, 6.07) is 14.8. The van der Waals surface area contributed by atoms with E-state index in [1.54, 1.807) is 29.2 Å². The van der Waals surface area contributed by atoms with Crippen molar-refractivity contribution >= 4 is 29.4 Å². The molecule has 2 aromatic rings. The number of anilines is 1. The number of carbonyl (C=O) groups is 3. The van der Waals surface area contributed by atoms with Crippen LogP contribution in [0.3, 0.4) is 0 Å². The molecular formula is C23H22N2O4. The van der Waals surface area contributed by atoms with Gasteiger partial charge in [0.25, 0.3) is 5.91 Å². The number of Topliss-reactive ketones (excluding diaryl/α,β-unsaturated/α-hetero) is 1. The molecule has 0 spiro atoms. The summed E-state index contributed by atoms with van der Waals surface area (Å²) in [6.07, 6.45) is 4.65. The molecule has 4 rings (SSSR count). The van der Waals surface area contributed by atoms with Crippen LogP contribution in [-0.4, -0.2) is 42.2 Å². The van der Waals surface area contributed by atoms with Crippen LogP contribution in [0.1, 0.15) is 28.8 Å². The lowest BCUT2D eigenvalue weighted by Crippen LogP contribution is -2.39. The fraction of sp³-hybridized carbons (Fsp3) is 0.261. The van der Waals surface area contributed by atoms with Crippen LogP contribution in [0.4, 0.5) is 5.69 Å². The number of piperidine rings is 1. The van der Waals surface area contributed by atoms with Gasteiger partial charge in [0.1, 0.15) is 5.75 Å². The van der Waals surface area contributed by atoms with Crippen molar-refractivity contribution in [3.63, 3.8) is 0 Å². The zero-order chi connectivity index (χ0) is 20.2. The molecule has 6 heteroatoms. The van der Waals surface area contributed by atoms with Crippen molar-refractivity contribution in [2.45, 2.75) is 12.8 Å². The molecule has 0 aliphatic carbocycles. The van der Waals surface area contributed by atoms with E-state index in [9.17, 15) is 14.4 Å². The van der Waals surface area contributed by atoms with E-state index >= 15 is 0 Å². The van der Waals surface area contributed by atoms with E-state index in [4.69, 9.17) is 4.74 Å². The maximum atomic E-state index is 12.9. The number of hydrogen-bond donors (Lipinski definition) is 1. The number of likely N-dealkylation sites (tertiary alicyclic amines) is 1. The highest BCUT2D eigenvalue weighted by molar-refractivity contribution is 6.02. The van der Waals surface area contributed by atoms with E-state index in [1.807, 2.05) is 36.4 Å². The second-order valence-corrected chi connectivity index (χ2v) is 7.26. The second-order valence-electron chi connectivity index (χ2n) is 7.26. The Hall–Kier alpha value is -3.41. The van der Waals surface area contributed by atoms with E-state index in [0.717, 1.165) is 5.56 Å². The number of fused-ring (bicyclic) bond motifs is 1. The molecule has 1 fully saturated rings. The third-order valence-corrected chi connectivity index (χ3v) is 5.29.